The number of rotatable bonds is 6. The van der Waals surface area contributed by atoms with E-state index in [2.05, 4.69) is 34.1 Å². The third-order valence-corrected chi connectivity index (χ3v) is 2.94. The highest BCUT2D eigenvalue weighted by Gasteiger charge is 2.00. The van der Waals surface area contributed by atoms with Crippen molar-refractivity contribution in [2.45, 2.75) is 19.9 Å². The molecule has 0 amide bonds. The molecular weight excluding hydrogens is 236 g/mol. The van der Waals surface area contributed by atoms with Crippen LogP contribution in [0.15, 0.2) is 36.8 Å². The smallest absolute Gasteiger partial charge is 0.0991 e. The molecule has 1 N–H and O–H groups in total. The van der Waals surface area contributed by atoms with Crippen LogP contribution in [0.4, 0.5) is 0 Å². The Kier molecular flexibility index (Phi) is 4.71. The quantitative estimate of drug-likeness (QED) is 0.802. The molecule has 0 aliphatic rings. The maximum absolute atomic E-state index is 8.75. The molecule has 0 aliphatic heterocycles. The lowest BCUT2D eigenvalue weighted by Crippen LogP contribution is -2.16. The summed E-state index contributed by atoms with van der Waals surface area (Å²) < 4.78 is 2.07. The van der Waals surface area contributed by atoms with Gasteiger partial charge in [-0.15, -0.1) is 0 Å². The van der Waals surface area contributed by atoms with Gasteiger partial charge in [0.2, 0.25) is 0 Å². The summed E-state index contributed by atoms with van der Waals surface area (Å²) in [5.74, 6) is 0. The van der Waals surface area contributed by atoms with Gasteiger partial charge in [-0.1, -0.05) is 19.1 Å². The van der Waals surface area contributed by atoms with Gasteiger partial charge in [0.25, 0.3) is 0 Å². The van der Waals surface area contributed by atoms with E-state index in [1.807, 2.05) is 30.6 Å². The summed E-state index contributed by atoms with van der Waals surface area (Å²) in [6.07, 6.45) is 4.89. The van der Waals surface area contributed by atoms with Crippen molar-refractivity contribution < 1.29 is 0 Å². The van der Waals surface area contributed by atoms with Gasteiger partial charge in [0.1, 0.15) is 0 Å². The second kappa shape index (κ2) is 6.72. The number of likely N-dealkylation sites (N-methyl/N-ethyl adjacent to an activating group) is 1. The molecule has 0 atom stereocenters. The van der Waals surface area contributed by atoms with Crippen molar-refractivity contribution in [1.82, 2.24) is 14.9 Å². The Bertz CT molecular complexity index is 548. The van der Waals surface area contributed by atoms with Crippen LogP contribution in [0, 0.1) is 11.3 Å². The topological polar surface area (TPSA) is 53.6 Å². The molecule has 0 radical (unpaired) electrons. The van der Waals surface area contributed by atoms with E-state index in [9.17, 15) is 0 Å². The van der Waals surface area contributed by atoms with Crippen molar-refractivity contribution in [2.75, 3.05) is 13.1 Å². The second-order valence-corrected chi connectivity index (χ2v) is 4.45. The van der Waals surface area contributed by atoms with Crippen LogP contribution in [0.25, 0.3) is 0 Å². The number of nitriles is 1. The predicted octanol–water partition coefficient (Wildman–Crippen LogP) is 1.96. The van der Waals surface area contributed by atoms with Gasteiger partial charge >= 0.3 is 0 Å². The Hall–Kier alpha value is -2.12. The van der Waals surface area contributed by atoms with E-state index < -0.39 is 0 Å². The predicted molar refractivity (Wildman–Crippen MR) is 74.7 cm³/mol. The summed E-state index contributed by atoms with van der Waals surface area (Å²) in [5.41, 5.74) is 2.98. The first-order valence-electron chi connectivity index (χ1n) is 6.52. The van der Waals surface area contributed by atoms with Crippen LogP contribution in [0.5, 0.6) is 0 Å². The van der Waals surface area contributed by atoms with Gasteiger partial charge in [-0.25, -0.2) is 4.98 Å². The maximum atomic E-state index is 8.75. The first-order valence-corrected chi connectivity index (χ1v) is 6.52. The fraction of sp³-hybridized carbons (Fsp3) is 0.333. The summed E-state index contributed by atoms with van der Waals surface area (Å²) >= 11 is 0. The number of hydrogen-bond acceptors (Lipinski definition) is 3. The first kappa shape index (κ1) is 13.3. The van der Waals surface area contributed by atoms with E-state index in [1.165, 1.54) is 5.56 Å². The standard InChI is InChI=1S/C15H18N4/c1-2-17-8-7-15-11-19(12-18-15)10-14-5-3-13(9-16)4-6-14/h3-6,11-12,17H,2,7-8,10H2,1H3. The number of nitrogens with one attached hydrogen (secondary N) is 1. The summed E-state index contributed by atoms with van der Waals surface area (Å²) in [6, 6.07) is 9.78. The largest absolute Gasteiger partial charge is 0.333 e. The molecule has 0 unspecified atom stereocenters. The highest BCUT2D eigenvalue weighted by Crippen LogP contribution is 2.06. The van der Waals surface area contributed by atoms with Crippen LogP contribution in [0.1, 0.15) is 23.7 Å². The lowest BCUT2D eigenvalue weighted by atomic mass is 10.1. The molecule has 98 valence electrons. The highest BCUT2D eigenvalue weighted by molar-refractivity contribution is 5.31. The summed E-state index contributed by atoms with van der Waals surface area (Å²) in [5, 5.41) is 12.0. The molecule has 0 fully saturated rings. The van der Waals surface area contributed by atoms with E-state index in [0.717, 1.165) is 31.7 Å². The van der Waals surface area contributed by atoms with Gasteiger partial charge in [0.15, 0.2) is 0 Å². The number of nitrogens with zero attached hydrogens (tertiary/aromatic N) is 3. The Morgan fingerprint density at radius 3 is 2.79 bits per heavy atom. The van der Waals surface area contributed by atoms with E-state index in [0.29, 0.717) is 5.56 Å². The molecule has 4 heteroatoms. The maximum Gasteiger partial charge on any atom is 0.0991 e. The molecule has 4 nitrogen and oxygen atoms in total. The van der Waals surface area contributed by atoms with Crippen molar-refractivity contribution in [3.63, 3.8) is 0 Å². The molecule has 0 saturated carbocycles. The molecule has 0 spiro atoms. The van der Waals surface area contributed by atoms with Crippen LogP contribution in [-0.4, -0.2) is 22.6 Å². The van der Waals surface area contributed by atoms with Crippen molar-refractivity contribution in [2.24, 2.45) is 0 Å². The Labute approximate surface area is 113 Å². The highest BCUT2D eigenvalue weighted by atomic mass is 15.0. The van der Waals surface area contributed by atoms with Crippen LogP contribution in [0.2, 0.25) is 0 Å². The molecule has 0 aliphatic carbocycles. The zero-order valence-electron chi connectivity index (χ0n) is 11.1. The van der Waals surface area contributed by atoms with Crippen LogP contribution in [-0.2, 0) is 13.0 Å². The van der Waals surface area contributed by atoms with Gasteiger partial charge < -0.3 is 9.88 Å². The van der Waals surface area contributed by atoms with E-state index >= 15 is 0 Å². The monoisotopic (exact) mass is 254 g/mol. The molecule has 0 bridgehead atoms. The number of imidazole rings is 1. The Balaban J connectivity index is 1.93. The van der Waals surface area contributed by atoms with Crippen molar-refractivity contribution in [3.05, 3.63) is 53.6 Å². The van der Waals surface area contributed by atoms with E-state index in [-0.39, 0.29) is 0 Å². The van der Waals surface area contributed by atoms with Crippen molar-refractivity contribution in [3.8, 4) is 6.07 Å². The minimum absolute atomic E-state index is 0.695. The van der Waals surface area contributed by atoms with Crippen LogP contribution in [0.3, 0.4) is 0 Å². The van der Waals surface area contributed by atoms with Gasteiger partial charge in [-0.2, -0.15) is 5.26 Å². The number of aromatic nitrogens is 2. The summed E-state index contributed by atoms with van der Waals surface area (Å²) in [6.45, 7) is 4.85. The lowest BCUT2D eigenvalue weighted by molar-refractivity contribution is 0.708. The van der Waals surface area contributed by atoms with Crippen molar-refractivity contribution in [1.29, 1.82) is 5.26 Å². The number of hydrogen-bond donors (Lipinski definition) is 1. The molecule has 19 heavy (non-hydrogen) atoms. The summed E-state index contributed by atoms with van der Waals surface area (Å²) in [7, 11) is 0. The van der Waals surface area contributed by atoms with E-state index in [1.54, 1.807) is 0 Å². The lowest BCUT2D eigenvalue weighted by Gasteiger charge is -2.02. The SMILES string of the molecule is CCNCCc1cn(Cc2ccc(C#N)cc2)cn1. The fourth-order valence-electron chi connectivity index (χ4n) is 1.91. The first-order chi connectivity index (χ1) is 9.31. The molecule has 0 saturated heterocycles. The summed E-state index contributed by atoms with van der Waals surface area (Å²) in [4.78, 5) is 4.39. The molecule has 2 rings (SSSR count). The minimum atomic E-state index is 0.695. The zero-order chi connectivity index (χ0) is 13.5. The third-order valence-electron chi connectivity index (χ3n) is 2.94. The average Bonchev–Trinajstić information content (AvgIpc) is 2.88. The van der Waals surface area contributed by atoms with Gasteiger partial charge in [0, 0.05) is 25.7 Å². The molecule has 1 aromatic heterocycles. The Morgan fingerprint density at radius 2 is 2.11 bits per heavy atom. The van der Waals surface area contributed by atoms with Crippen molar-refractivity contribution >= 4 is 0 Å². The third kappa shape index (κ3) is 3.94. The second-order valence-electron chi connectivity index (χ2n) is 4.45. The van der Waals surface area contributed by atoms with E-state index in [4.69, 9.17) is 5.26 Å². The Morgan fingerprint density at radius 1 is 1.32 bits per heavy atom. The van der Waals surface area contributed by atoms with Gasteiger partial charge in [-0.3, -0.25) is 0 Å². The normalized spacial score (nSPS) is 10.3. The van der Waals surface area contributed by atoms with Gasteiger partial charge in [0.05, 0.1) is 23.7 Å². The zero-order valence-corrected chi connectivity index (χ0v) is 11.1. The molecular formula is C15H18N4. The minimum Gasteiger partial charge on any atom is -0.333 e. The fourth-order valence-corrected chi connectivity index (χ4v) is 1.91. The molecule has 1 heterocycles. The van der Waals surface area contributed by atoms with Crippen LogP contribution >= 0.6 is 0 Å². The average molecular weight is 254 g/mol. The number of benzene rings is 1. The van der Waals surface area contributed by atoms with Crippen LogP contribution < -0.4 is 5.32 Å². The molecule has 2 aromatic rings. The van der Waals surface area contributed by atoms with Gasteiger partial charge in [-0.05, 0) is 24.2 Å². The molecule has 1 aromatic carbocycles.